The topological polar surface area (TPSA) is 94.0 Å². The van der Waals surface area contributed by atoms with E-state index in [0.29, 0.717) is 18.5 Å². The molecule has 2 N–H and O–H groups in total. The lowest BCUT2D eigenvalue weighted by atomic mass is 9.94. The number of aromatic nitrogens is 4. The van der Waals surface area contributed by atoms with Crippen molar-refractivity contribution in [3.63, 3.8) is 0 Å². The van der Waals surface area contributed by atoms with Crippen LogP contribution in [-0.2, 0) is 17.8 Å². The van der Waals surface area contributed by atoms with Crippen LogP contribution in [0.5, 0.6) is 0 Å². The van der Waals surface area contributed by atoms with Gasteiger partial charge in [-0.15, -0.1) is 0 Å². The molecule has 2 amide bonds. The lowest BCUT2D eigenvalue weighted by molar-refractivity contribution is 0.181. The standard InChI is InChI=1S/C19H26N6O2/c1-27-11-14-9-17(21-12-20-14)23-19(26)22-16-8-4-5-13-10-25(24-18(13)16)15-6-2-3-7-15/h9-10,12,15-16H,2-8,11H2,1H3,(H2,20,21,22,23,26)/t16-/m0/s1. The lowest BCUT2D eigenvalue weighted by Gasteiger charge is -2.22. The van der Waals surface area contributed by atoms with Crippen molar-refractivity contribution < 1.29 is 9.53 Å². The molecule has 0 bridgehead atoms. The van der Waals surface area contributed by atoms with Crippen molar-refractivity contribution in [2.45, 2.75) is 63.6 Å². The summed E-state index contributed by atoms with van der Waals surface area (Å²) in [6.07, 6.45) is 11.6. The van der Waals surface area contributed by atoms with Gasteiger partial charge in [-0.25, -0.2) is 14.8 Å². The third kappa shape index (κ3) is 4.10. The predicted molar refractivity (Wildman–Crippen MR) is 100 cm³/mol. The van der Waals surface area contributed by atoms with E-state index >= 15 is 0 Å². The molecule has 2 aromatic rings. The van der Waals surface area contributed by atoms with Crippen LogP contribution in [-0.4, -0.2) is 32.9 Å². The largest absolute Gasteiger partial charge is 0.378 e. The van der Waals surface area contributed by atoms with E-state index in [-0.39, 0.29) is 12.1 Å². The van der Waals surface area contributed by atoms with Crippen LogP contribution in [0.25, 0.3) is 0 Å². The Morgan fingerprint density at radius 1 is 1.26 bits per heavy atom. The number of carbonyl (C=O) groups is 1. The molecule has 0 saturated heterocycles. The Bertz CT molecular complexity index is 799. The van der Waals surface area contributed by atoms with Crippen LogP contribution in [0.1, 0.15) is 67.6 Å². The molecule has 1 fully saturated rings. The molecular weight excluding hydrogens is 344 g/mol. The van der Waals surface area contributed by atoms with Gasteiger partial charge in [-0.2, -0.15) is 5.10 Å². The molecule has 1 saturated carbocycles. The Balaban J connectivity index is 1.42. The highest BCUT2D eigenvalue weighted by atomic mass is 16.5. The zero-order valence-corrected chi connectivity index (χ0v) is 15.6. The number of hydrogen-bond acceptors (Lipinski definition) is 5. The average molecular weight is 370 g/mol. The van der Waals surface area contributed by atoms with Gasteiger partial charge in [-0.3, -0.25) is 10.00 Å². The molecule has 27 heavy (non-hydrogen) atoms. The van der Waals surface area contributed by atoms with Gasteiger partial charge in [0.05, 0.1) is 30.1 Å². The van der Waals surface area contributed by atoms with Crippen LogP contribution in [0.2, 0.25) is 0 Å². The maximum atomic E-state index is 12.5. The number of nitrogens with zero attached hydrogens (tertiary/aromatic N) is 4. The highest BCUT2D eigenvalue weighted by molar-refractivity contribution is 5.88. The van der Waals surface area contributed by atoms with Crippen molar-refractivity contribution in [1.29, 1.82) is 0 Å². The molecule has 1 atom stereocenters. The minimum absolute atomic E-state index is 0.0586. The molecule has 2 aromatic heterocycles. The molecule has 0 spiro atoms. The van der Waals surface area contributed by atoms with E-state index in [4.69, 9.17) is 9.84 Å². The third-order valence-electron chi connectivity index (χ3n) is 5.37. The van der Waals surface area contributed by atoms with Gasteiger partial charge in [0.15, 0.2) is 0 Å². The van der Waals surface area contributed by atoms with Crippen LogP contribution >= 0.6 is 0 Å². The van der Waals surface area contributed by atoms with Gasteiger partial charge in [0.1, 0.15) is 12.1 Å². The number of methoxy groups -OCH3 is 1. The van der Waals surface area contributed by atoms with Gasteiger partial charge >= 0.3 is 6.03 Å². The maximum absolute atomic E-state index is 12.5. The molecule has 4 rings (SSSR count). The second-order valence-electron chi connectivity index (χ2n) is 7.33. The predicted octanol–water partition coefficient (Wildman–Crippen LogP) is 3.13. The minimum Gasteiger partial charge on any atom is -0.378 e. The number of nitrogens with one attached hydrogen (secondary N) is 2. The van der Waals surface area contributed by atoms with E-state index in [2.05, 4.69) is 31.5 Å². The zero-order chi connectivity index (χ0) is 18.6. The second-order valence-corrected chi connectivity index (χ2v) is 7.33. The Hall–Kier alpha value is -2.48. The van der Waals surface area contributed by atoms with Gasteiger partial charge in [0.25, 0.3) is 0 Å². The Labute approximate surface area is 158 Å². The highest BCUT2D eigenvalue weighted by Gasteiger charge is 2.27. The first kappa shape index (κ1) is 17.9. The fourth-order valence-corrected chi connectivity index (χ4v) is 4.06. The minimum atomic E-state index is -0.273. The fraction of sp³-hybridized carbons (Fsp3) is 0.579. The third-order valence-corrected chi connectivity index (χ3v) is 5.37. The number of fused-ring (bicyclic) bond motifs is 1. The molecular formula is C19H26N6O2. The molecule has 0 unspecified atom stereocenters. The Kier molecular flexibility index (Phi) is 5.33. The van der Waals surface area contributed by atoms with Crippen molar-refractivity contribution in [1.82, 2.24) is 25.1 Å². The van der Waals surface area contributed by atoms with E-state index in [0.717, 1.165) is 30.7 Å². The summed E-state index contributed by atoms with van der Waals surface area (Å²) in [4.78, 5) is 20.7. The number of carbonyl (C=O) groups excluding carboxylic acids is 1. The summed E-state index contributed by atoms with van der Waals surface area (Å²) in [6.45, 7) is 0.378. The van der Waals surface area contributed by atoms with E-state index < -0.39 is 0 Å². The summed E-state index contributed by atoms with van der Waals surface area (Å²) in [5.74, 6) is 0.460. The van der Waals surface area contributed by atoms with Crippen LogP contribution in [0.15, 0.2) is 18.6 Å². The fourth-order valence-electron chi connectivity index (χ4n) is 4.06. The van der Waals surface area contributed by atoms with Crippen LogP contribution in [0, 0.1) is 0 Å². The van der Waals surface area contributed by atoms with Crippen LogP contribution in [0.4, 0.5) is 10.6 Å². The Morgan fingerprint density at radius 2 is 2.11 bits per heavy atom. The van der Waals surface area contributed by atoms with Crippen molar-refractivity contribution in [2.75, 3.05) is 12.4 Å². The SMILES string of the molecule is COCc1cc(NC(=O)N[C@H]2CCCc3cn(C4CCCC4)nc32)ncn1. The summed E-state index contributed by atoms with van der Waals surface area (Å²) < 4.78 is 7.20. The van der Waals surface area contributed by atoms with E-state index in [9.17, 15) is 4.79 Å². The normalized spacial score (nSPS) is 19.7. The van der Waals surface area contributed by atoms with Crippen LogP contribution < -0.4 is 10.6 Å². The monoisotopic (exact) mass is 370 g/mol. The number of hydrogen-bond donors (Lipinski definition) is 2. The number of aryl methyl sites for hydroxylation is 1. The molecule has 8 heteroatoms. The van der Waals surface area contributed by atoms with Gasteiger partial charge in [-0.05, 0) is 37.7 Å². The number of rotatable bonds is 5. The number of urea groups is 1. The summed E-state index contributed by atoms with van der Waals surface area (Å²) in [7, 11) is 1.60. The quantitative estimate of drug-likeness (QED) is 0.843. The second kappa shape index (κ2) is 8.04. The van der Waals surface area contributed by atoms with Gasteiger partial charge in [-0.1, -0.05) is 12.8 Å². The Morgan fingerprint density at radius 3 is 2.93 bits per heavy atom. The van der Waals surface area contributed by atoms with Crippen molar-refractivity contribution in [3.8, 4) is 0 Å². The molecule has 0 aromatic carbocycles. The number of anilines is 1. The van der Waals surface area contributed by atoms with Crippen molar-refractivity contribution in [3.05, 3.63) is 35.5 Å². The molecule has 8 nitrogen and oxygen atoms in total. The first-order valence-corrected chi connectivity index (χ1v) is 9.68. The van der Waals surface area contributed by atoms with Gasteiger partial charge in [0.2, 0.25) is 0 Å². The molecule has 144 valence electrons. The molecule has 0 radical (unpaired) electrons. The number of ether oxygens (including phenoxy) is 1. The first-order chi connectivity index (χ1) is 13.2. The summed E-state index contributed by atoms with van der Waals surface area (Å²) in [5.41, 5.74) is 3.01. The van der Waals surface area contributed by atoms with Gasteiger partial charge < -0.3 is 10.1 Å². The van der Waals surface area contributed by atoms with Crippen molar-refractivity contribution >= 4 is 11.8 Å². The maximum Gasteiger partial charge on any atom is 0.320 e. The zero-order valence-electron chi connectivity index (χ0n) is 15.6. The molecule has 0 aliphatic heterocycles. The molecule has 2 heterocycles. The molecule has 2 aliphatic carbocycles. The van der Waals surface area contributed by atoms with Gasteiger partial charge in [0, 0.05) is 19.4 Å². The number of amides is 2. The summed E-state index contributed by atoms with van der Waals surface area (Å²) in [5, 5.41) is 10.7. The van der Waals surface area contributed by atoms with Crippen LogP contribution in [0.3, 0.4) is 0 Å². The molecule has 2 aliphatic rings. The highest BCUT2D eigenvalue weighted by Crippen LogP contribution is 2.33. The summed E-state index contributed by atoms with van der Waals surface area (Å²) in [6, 6.07) is 1.90. The first-order valence-electron chi connectivity index (χ1n) is 9.68. The lowest BCUT2D eigenvalue weighted by Crippen LogP contribution is -2.34. The van der Waals surface area contributed by atoms with E-state index in [1.54, 1.807) is 13.2 Å². The van der Waals surface area contributed by atoms with E-state index in [1.807, 2.05) is 0 Å². The smallest absolute Gasteiger partial charge is 0.320 e. The average Bonchev–Trinajstić information content (AvgIpc) is 3.32. The van der Waals surface area contributed by atoms with E-state index in [1.165, 1.54) is 37.6 Å². The van der Waals surface area contributed by atoms with Crippen molar-refractivity contribution in [2.24, 2.45) is 0 Å². The summed E-state index contributed by atoms with van der Waals surface area (Å²) >= 11 is 0.